The molecule has 0 bridgehead atoms. The number of ether oxygens (including phenoxy) is 1. The molecule has 0 unspecified atom stereocenters. The second-order valence-corrected chi connectivity index (χ2v) is 8.78. The number of Topliss-reactive ketones (excluding diaryl/α,β-unsaturated/α-hetero) is 1. The number of halogens is 2. The lowest BCUT2D eigenvalue weighted by Gasteiger charge is -2.22. The van der Waals surface area contributed by atoms with Crippen molar-refractivity contribution in [3.8, 4) is 17.6 Å². The largest absolute Gasteiger partial charge is 0.454 e. The van der Waals surface area contributed by atoms with Crippen molar-refractivity contribution < 1.29 is 14.3 Å². The average molecular weight is 468 g/mol. The van der Waals surface area contributed by atoms with Crippen molar-refractivity contribution in [2.24, 2.45) is 5.10 Å². The fourth-order valence-corrected chi connectivity index (χ4v) is 4.13. The number of carbonyl (C=O) groups is 2. The number of hydrazone groups is 1. The zero-order chi connectivity index (χ0) is 22.6. The van der Waals surface area contributed by atoms with Gasteiger partial charge in [0, 0.05) is 11.6 Å². The van der Waals surface area contributed by atoms with Crippen LogP contribution in [0.5, 0.6) is 11.5 Å². The molecule has 2 aromatic carbocycles. The summed E-state index contributed by atoms with van der Waals surface area (Å²) in [5.74, 6) is -0.461. The molecular weight excluding hydrogens is 453 g/mol. The minimum Gasteiger partial charge on any atom is -0.454 e. The maximum absolute atomic E-state index is 12.2. The van der Waals surface area contributed by atoms with Crippen LogP contribution in [0.25, 0.3) is 11.0 Å². The lowest BCUT2D eigenvalue weighted by molar-refractivity contribution is -0.124. The Bertz CT molecular complexity index is 1360. The van der Waals surface area contributed by atoms with Crippen LogP contribution in [-0.2, 0) is 15.1 Å². The molecule has 10 heteroatoms. The number of rotatable bonds is 4. The summed E-state index contributed by atoms with van der Waals surface area (Å²) in [6, 6.07) is 10.1. The highest BCUT2D eigenvalue weighted by Crippen LogP contribution is 2.45. The van der Waals surface area contributed by atoms with Crippen molar-refractivity contribution in [2.45, 2.75) is 31.7 Å². The van der Waals surface area contributed by atoms with Crippen LogP contribution in [0.2, 0.25) is 10.0 Å². The molecule has 2 heterocycles. The van der Waals surface area contributed by atoms with E-state index in [2.05, 4.69) is 21.6 Å². The highest BCUT2D eigenvalue weighted by atomic mass is 35.5. The monoisotopic (exact) mass is 467 g/mol. The summed E-state index contributed by atoms with van der Waals surface area (Å²) in [5.41, 5.74) is 1.77. The predicted octanol–water partition coefficient (Wildman–Crippen LogP) is 4.83. The highest BCUT2D eigenvalue weighted by Gasteiger charge is 2.40. The van der Waals surface area contributed by atoms with E-state index < -0.39 is 18.1 Å². The molecule has 32 heavy (non-hydrogen) atoms. The summed E-state index contributed by atoms with van der Waals surface area (Å²) in [7, 11) is 0. The van der Waals surface area contributed by atoms with Crippen molar-refractivity contribution in [1.82, 2.24) is 9.55 Å². The Morgan fingerprint density at radius 2 is 1.88 bits per heavy atom. The maximum atomic E-state index is 12.2. The minimum atomic E-state index is -0.624. The van der Waals surface area contributed by atoms with Crippen LogP contribution < -0.4 is 9.75 Å². The Hall–Kier alpha value is -3.41. The summed E-state index contributed by atoms with van der Waals surface area (Å²) < 4.78 is 8.13. The number of ketones is 1. The number of hydrogen-bond acceptors (Lipinski definition) is 6. The van der Waals surface area contributed by atoms with E-state index in [1.807, 2.05) is 18.5 Å². The Labute approximate surface area is 192 Å². The molecule has 160 valence electrons. The quantitative estimate of drug-likeness (QED) is 0.511. The third kappa shape index (κ3) is 3.40. The van der Waals surface area contributed by atoms with Gasteiger partial charge in [-0.2, -0.15) is 15.4 Å². The fourth-order valence-electron chi connectivity index (χ4n) is 3.58. The number of aromatic nitrogens is 2. The van der Waals surface area contributed by atoms with Gasteiger partial charge in [0.05, 0.1) is 39.5 Å². The van der Waals surface area contributed by atoms with Gasteiger partial charge in [-0.3, -0.25) is 9.59 Å². The zero-order valence-electron chi connectivity index (χ0n) is 16.8. The molecule has 0 atom stereocenters. The molecule has 0 saturated heterocycles. The fraction of sp³-hybridized carbons (Fsp3) is 0.227. The molecule has 1 aliphatic heterocycles. The van der Waals surface area contributed by atoms with Crippen molar-refractivity contribution in [1.29, 1.82) is 5.26 Å². The Morgan fingerprint density at radius 1 is 1.16 bits per heavy atom. The van der Waals surface area contributed by atoms with Gasteiger partial charge in [0.15, 0.2) is 5.75 Å². The summed E-state index contributed by atoms with van der Waals surface area (Å²) in [6.07, 6.45) is 3.58. The molecule has 5 rings (SSSR count). The zero-order valence-corrected chi connectivity index (χ0v) is 18.3. The molecule has 1 amide bonds. The topological polar surface area (TPSA) is 101 Å². The summed E-state index contributed by atoms with van der Waals surface area (Å²) in [6.45, 7) is 2.18. The van der Waals surface area contributed by atoms with Crippen molar-refractivity contribution in [3.05, 3.63) is 46.7 Å². The van der Waals surface area contributed by atoms with Gasteiger partial charge in [-0.25, -0.2) is 4.98 Å². The number of benzene rings is 2. The van der Waals surface area contributed by atoms with Gasteiger partial charge in [-0.05, 0) is 44.0 Å². The molecule has 0 N–H and O–H groups in total. The van der Waals surface area contributed by atoms with Gasteiger partial charge in [0.25, 0.3) is 5.91 Å². The van der Waals surface area contributed by atoms with E-state index in [-0.39, 0.29) is 32.7 Å². The predicted molar refractivity (Wildman–Crippen MR) is 119 cm³/mol. The Kier molecular flexibility index (Phi) is 4.69. The summed E-state index contributed by atoms with van der Waals surface area (Å²) >= 11 is 12.8. The van der Waals surface area contributed by atoms with Gasteiger partial charge in [-0.1, -0.05) is 23.2 Å². The normalized spacial score (nSPS) is 17.3. The number of hydrogen-bond donors (Lipinski definition) is 0. The van der Waals surface area contributed by atoms with E-state index in [1.165, 1.54) is 12.1 Å². The number of nitriles is 1. The molecule has 1 aliphatic carbocycles. The van der Waals surface area contributed by atoms with Crippen LogP contribution in [0.3, 0.4) is 0 Å². The SMILES string of the molecule is CC1(n2cnc3ccc(Oc4c(Cl)cc(N5N=C(C#N)C(=O)CC5=O)cc4Cl)cc32)CC1. The number of imidazole rings is 1. The van der Waals surface area contributed by atoms with Gasteiger partial charge in [0.1, 0.15) is 11.8 Å². The minimum absolute atomic E-state index is 0.0788. The Morgan fingerprint density at radius 3 is 2.53 bits per heavy atom. The standard InChI is InChI=1S/C22H15Cl2N5O3/c1-22(4-5-22)28-11-26-16-3-2-13(8-18(16)28)32-21-14(23)6-12(7-15(21)24)29-20(31)9-19(30)17(10-25)27-29/h2-3,6-8,11H,4-5,9H2,1H3. The van der Waals surface area contributed by atoms with Gasteiger partial charge in [-0.15, -0.1) is 0 Å². The van der Waals surface area contributed by atoms with Gasteiger partial charge < -0.3 is 9.30 Å². The Balaban J connectivity index is 1.48. The first-order chi connectivity index (χ1) is 15.3. The maximum Gasteiger partial charge on any atom is 0.255 e. The van der Waals surface area contributed by atoms with Crippen molar-refractivity contribution in [2.75, 3.05) is 5.01 Å². The van der Waals surface area contributed by atoms with E-state index in [0.29, 0.717) is 5.75 Å². The second kappa shape index (κ2) is 7.33. The van der Waals surface area contributed by atoms with E-state index in [0.717, 1.165) is 28.9 Å². The first kappa shape index (κ1) is 20.5. The second-order valence-electron chi connectivity index (χ2n) is 7.97. The molecule has 1 saturated carbocycles. The lowest BCUT2D eigenvalue weighted by atomic mass is 10.1. The van der Waals surface area contributed by atoms with E-state index in [9.17, 15) is 9.59 Å². The molecular formula is C22H15Cl2N5O3. The lowest BCUT2D eigenvalue weighted by Crippen LogP contribution is -2.36. The number of anilines is 1. The molecule has 0 spiro atoms. The third-order valence-electron chi connectivity index (χ3n) is 5.64. The molecule has 1 aromatic heterocycles. The van der Waals surface area contributed by atoms with Crippen molar-refractivity contribution >= 4 is 57.3 Å². The number of carbonyl (C=O) groups excluding carboxylic acids is 2. The van der Waals surface area contributed by atoms with Crippen LogP contribution in [0.1, 0.15) is 26.2 Å². The van der Waals surface area contributed by atoms with E-state index in [1.54, 1.807) is 12.1 Å². The van der Waals surface area contributed by atoms with Crippen molar-refractivity contribution in [3.63, 3.8) is 0 Å². The van der Waals surface area contributed by atoms with Gasteiger partial charge in [0.2, 0.25) is 11.5 Å². The first-order valence-corrected chi connectivity index (χ1v) is 10.5. The number of amides is 1. The first-order valence-electron chi connectivity index (χ1n) is 9.78. The van der Waals surface area contributed by atoms with E-state index in [4.69, 9.17) is 33.2 Å². The van der Waals surface area contributed by atoms with Gasteiger partial charge >= 0.3 is 0 Å². The molecule has 8 nitrogen and oxygen atoms in total. The van der Waals surface area contributed by atoms with E-state index >= 15 is 0 Å². The molecule has 3 aromatic rings. The van der Waals surface area contributed by atoms with Crippen LogP contribution in [0, 0.1) is 11.3 Å². The highest BCUT2D eigenvalue weighted by molar-refractivity contribution is 6.50. The number of fused-ring (bicyclic) bond motifs is 1. The number of nitrogens with zero attached hydrogens (tertiary/aromatic N) is 5. The van der Waals surface area contributed by atoms with Crippen LogP contribution in [0.4, 0.5) is 5.69 Å². The molecule has 2 aliphatic rings. The van der Waals surface area contributed by atoms with Crippen LogP contribution in [0.15, 0.2) is 41.8 Å². The smallest absolute Gasteiger partial charge is 0.255 e. The summed E-state index contributed by atoms with van der Waals surface area (Å²) in [5, 5.41) is 14.1. The van der Waals surface area contributed by atoms with Crippen LogP contribution in [-0.4, -0.2) is 27.0 Å². The summed E-state index contributed by atoms with van der Waals surface area (Å²) in [4.78, 5) is 28.4. The molecule has 0 radical (unpaired) electrons. The average Bonchev–Trinajstić information content (AvgIpc) is 3.35. The van der Waals surface area contributed by atoms with Crippen LogP contribution >= 0.6 is 23.2 Å². The molecule has 1 fully saturated rings. The third-order valence-corrected chi connectivity index (χ3v) is 6.20.